The molecule has 8 heteroatoms. The van der Waals surface area contributed by atoms with E-state index in [0.717, 1.165) is 5.56 Å². The fourth-order valence-electron chi connectivity index (χ4n) is 1.74. The average molecular weight is 339 g/mol. The fourth-order valence-corrected chi connectivity index (χ4v) is 2.80. The number of benzene rings is 2. The molecule has 0 spiro atoms. The summed E-state index contributed by atoms with van der Waals surface area (Å²) >= 11 is 0. The molecule has 0 bridgehead atoms. The van der Waals surface area contributed by atoms with Crippen molar-refractivity contribution in [2.24, 2.45) is 5.10 Å². The monoisotopic (exact) mass is 339 g/mol. The number of aryl methyl sites for hydroxylation is 1. The molecule has 120 valence electrons. The fraction of sp³-hybridized carbons (Fsp3) is 0.0625. The summed E-state index contributed by atoms with van der Waals surface area (Å²) in [6.07, 6.45) is 0. The lowest BCUT2D eigenvalue weighted by Gasteiger charge is -2.09. The Morgan fingerprint density at radius 3 is 2.04 bits per heavy atom. The molecule has 2 aromatic carbocycles. The first-order chi connectivity index (χ1) is 11.4. The minimum atomic E-state index is -3.66. The molecule has 0 aliphatic heterocycles. The van der Waals surface area contributed by atoms with Crippen LogP contribution in [0, 0.1) is 29.6 Å². The van der Waals surface area contributed by atoms with Gasteiger partial charge in [-0.05, 0) is 43.3 Å². The third-order valence-corrected chi connectivity index (χ3v) is 4.37. The second kappa shape index (κ2) is 7.27. The zero-order valence-electron chi connectivity index (χ0n) is 12.7. The lowest BCUT2D eigenvalue weighted by Crippen LogP contribution is -2.12. The standard InChI is InChI=1S/C16H13N5O2S/c1-12-2-8-16(9-3-12)24(22,23)21-14-6-4-13(5-7-14)19-20-15(10-17)11-18/h2-9,19,21H,1H3. The van der Waals surface area contributed by atoms with E-state index in [1.807, 2.05) is 6.92 Å². The summed E-state index contributed by atoms with van der Waals surface area (Å²) in [4.78, 5) is 0.174. The molecule has 24 heavy (non-hydrogen) atoms. The van der Waals surface area contributed by atoms with Crippen LogP contribution < -0.4 is 10.1 Å². The third kappa shape index (κ3) is 4.32. The zero-order chi connectivity index (χ0) is 17.6. The van der Waals surface area contributed by atoms with Gasteiger partial charge >= 0.3 is 0 Å². The van der Waals surface area contributed by atoms with Crippen molar-refractivity contribution < 1.29 is 8.42 Å². The first-order valence-corrected chi connectivity index (χ1v) is 8.26. The summed E-state index contributed by atoms with van der Waals surface area (Å²) in [7, 11) is -3.66. The Morgan fingerprint density at radius 1 is 0.958 bits per heavy atom. The van der Waals surface area contributed by atoms with Crippen molar-refractivity contribution in [3.05, 3.63) is 54.1 Å². The summed E-state index contributed by atoms with van der Waals surface area (Å²) in [5.41, 5.74) is 4.10. The normalized spacial score (nSPS) is 10.1. The van der Waals surface area contributed by atoms with Gasteiger partial charge in [0.25, 0.3) is 10.0 Å². The zero-order valence-corrected chi connectivity index (χ0v) is 13.5. The first-order valence-electron chi connectivity index (χ1n) is 6.78. The van der Waals surface area contributed by atoms with E-state index in [4.69, 9.17) is 10.5 Å². The Kier molecular flexibility index (Phi) is 5.15. The van der Waals surface area contributed by atoms with E-state index in [1.54, 1.807) is 48.5 Å². The first kappa shape index (κ1) is 17.0. The third-order valence-electron chi connectivity index (χ3n) is 2.98. The molecule has 2 N–H and O–H groups in total. The van der Waals surface area contributed by atoms with Gasteiger partial charge in [0.05, 0.1) is 10.6 Å². The second-order valence-corrected chi connectivity index (χ2v) is 6.47. The maximum absolute atomic E-state index is 12.3. The van der Waals surface area contributed by atoms with Crippen LogP contribution in [0.25, 0.3) is 0 Å². The highest BCUT2D eigenvalue weighted by atomic mass is 32.2. The molecule has 0 unspecified atom stereocenters. The maximum atomic E-state index is 12.3. The van der Waals surface area contributed by atoms with Crippen molar-refractivity contribution in [3.63, 3.8) is 0 Å². The number of hydrogen-bond donors (Lipinski definition) is 2. The van der Waals surface area contributed by atoms with Crippen LogP contribution in [0.2, 0.25) is 0 Å². The number of hydrogen-bond acceptors (Lipinski definition) is 6. The van der Waals surface area contributed by atoms with Gasteiger partial charge in [-0.2, -0.15) is 15.6 Å². The summed E-state index contributed by atoms with van der Waals surface area (Å²) in [6, 6.07) is 16.0. The van der Waals surface area contributed by atoms with Crippen molar-refractivity contribution >= 4 is 27.1 Å². The van der Waals surface area contributed by atoms with E-state index < -0.39 is 10.0 Å². The highest BCUT2D eigenvalue weighted by Crippen LogP contribution is 2.18. The number of nitrogens with one attached hydrogen (secondary N) is 2. The Bertz CT molecular complexity index is 918. The van der Waals surface area contributed by atoms with Gasteiger partial charge in [0.15, 0.2) is 0 Å². The molecule has 0 aromatic heterocycles. The largest absolute Gasteiger partial charge is 0.280 e. The van der Waals surface area contributed by atoms with E-state index in [9.17, 15) is 8.42 Å². The summed E-state index contributed by atoms with van der Waals surface area (Å²) in [5, 5.41) is 20.8. The van der Waals surface area contributed by atoms with Crippen LogP contribution in [0.3, 0.4) is 0 Å². The van der Waals surface area contributed by atoms with Gasteiger partial charge in [-0.25, -0.2) is 8.42 Å². The SMILES string of the molecule is Cc1ccc(S(=O)(=O)Nc2ccc(NN=C(C#N)C#N)cc2)cc1. The number of hydrazone groups is 1. The van der Waals surface area contributed by atoms with Gasteiger partial charge < -0.3 is 0 Å². The van der Waals surface area contributed by atoms with Crippen LogP contribution in [0.15, 0.2) is 58.5 Å². The van der Waals surface area contributed by atoms with Crippen molar-refractivity contribution in [1.82, 2.24) is 0 Å². The number of rotatable bonds is 5. The quantitative estimate of drug-likeness (QED) is 0.641. The smallest absolute Gasteiger partial charge is 0.261 e. The molecule has 0 aliphatic carbocycles. The van der Waals surface area contributed by atoms with Gasteiger partial charge in [0, 0.05) is 5.69 Å². The molecule has 0 aliphatic rings. The van der Waals surface area contributed by atoms with E-state index in [0.29, 0.717) is 11.4 Å². The number of nitriles is 2. The lowest BCUT2D eigenvalue weighted by atomic mass is 10.2. The molecular formula is C16H13N5O2S. The van der Waals surface area contributed by atoms with Crippen LogP contribution in [-0.4, -0.2) is 14.1 Å². The average Bonchev–Trinajstić information content (AvgIpc) is 2.57. The van der Waals surface area contributed by atoms with Crippen molar-refractivity contribution in [1.29, 1.82) is 10.5 Å². The van der Waals surface area contributed by atoms with Crippen LogP contribution in [0.5, 0.6) is 0 Å². The van der Waals surface area contributed by atoms with Gasteiger partial charge in [-0.1, -0.05) is 17.7 Å². The number of anilines is 2. The Labute approximate surface area is 139 Å². The summed E-state index contributed by atoms with van der Waals surface area (Å²) in [6.45, 7) is 1.88. The van der Waals surface area contributed by atoms with Crippen LogP contribution in [0.4, 0.5) is 11.4 Å². The van der Waals surface area contributed by atoms with E-state index in [-0.39, 0.29) is 10.6 Å². The Balaban J connectivity index is 2.12. The molecule has 0 saturated carbocycles. The summed E-state index contributed by atoms with van der Waals surface area (Å²) < 4.78 is 27.0. The molecule has 0 saturated heterocycles. The number of nitrogens with zero attached hydrogens (tertiary/aromatic N) is 3. The minimum absolute atomic E-state index is 0.174. The molecule has 0 radical (unpaired) electrons. The molecule has 0 fully saturated rings. The molecule has 0 amide bonds. The topological polar surface area (TPSA) is 118 Å². The Morgan fingerprint density at radius 2 is 1.50 bits per heavy atom. The van der Waals surface area contributed by atoms with Crippen LogP contribution in [0.1, 0.15) is 5.56 Å². The van der Waals surface area contributed by atoms with Crippen LogP contribution >= 0.6 is 0 Å². The van der Waals surface area contributed by atoms with Crippen molar-refractivity contribution in [2.45, 2.75) is 11.8 Å². The highest BCUT2D eigenvalue weighted by molar-refractivity contribution is 7.92. The minimum Gasteiger partial charge on any atom is -0.280 e. The predicted molar refractivity (Wildman–Crippen MR) is 90.7 cm³/mol. The Hall–Kier alpha value is -3.36. The van der Waals surface area contributed by atoms with E-state index in [2.05, 4.69) is 15.2 Å². The molecular weight excluding hydrogens is 326 g/mol. The molecule has 0 atom stereocenters. The van der Waals surface area contributed by atoms with Crippen molar-refractivity contribution in [3.8, 4) is 12.1 Å². The molecule has 0 heterocycles. The van der Waals surface area contributed by atoms with Crippen LogP contribution in [-0.2, 0) is 10.0 Å². The highest BCUT2D eigenvalue weighted by Gasteiger charge is 2.13. The van der Waals surface area contributed by atoms with Gasteiger partial charge in [0.2, 0.25) is 5.71 Å². The number of sulfonamides is 1. The van der Waals surface area contributed by atoms with E-state index >= 15 is 0 Å². The predicted octanol–water partition coefficient (Wildman–Crippen LogP) is 2.61. The van der Waals surface area contributed by atoms with Crippen molar-refractivity contribution in [2.75, 3.05) is 10.1 Å². The lowest BCUT2D eigenvalue weighted by molar-refractivity contribution is 0.601. The van der Waals surface area contributed by atoms with Gasteiger partial charge in [0.1, 0.15) is 12.1 Å². The molecule has 2 rings (SSSR count). The second-order valence-electron chi connectivity index (χ2n) is 4.79. The summed E-state index contributed by atoms with van der Waals surface area (Å²) in [5.74, 6) is 0. The maximum Gasteiger partial charge on any atom is 0.261 e. The van der Waals surface area contributed by atoms with Gasteiger partial charge in [-0.15, -0.1) is 0 Å². The van der Waals surface area contributed by atoms with E-state index in [1.165, 1.54) is 12.1 Å². The van der Waals surface area contributed by atoms with Gasteiger partial charge in [-0.3, -0.25) is 10.1 Å². The molecule has 2 aromatic rings. The molecule has 7 nitrogen and oxygen atoms in total.